The molecule has 0 spiro atoms. The zero-order chi connectivity index (χ0) is 14.9. The highest BCUT2D eigenvalue weighted by atomic mass is 16.7. The molecule has 2 heterocycles. The molecule has 2 aliphatic rings. The number of hydrogen-bond donors (Lipinski definition) is 0. The van der Waals surface area contributed by atoms with E-state index < -0.39 is 0 Å². The molecular weight excluding hydrogens is 282 g/mol. The average Bonchev–Trinajstić information content (AvgIpc) is 3.02. The number of rotatable bonds is 3. The van der Waals surface area contributed by atoms with E-state index in [0.29, 0.717) is 13.5 Å². The van der Waals surface area contributed by atoms with Gasteiger partial charge in [-0.05, 0) is 35.9 Å². The lowest BCUT2D eigenvalue weighted by Crippen LogP contribution is -2.31. The smallest absolute Gasteiger partial charge is 0.231 e. The minimum Gasteiger partial charge on any atom is -0.497 e. The Kier molecular flexibility index (Phi) is 3.27. The lowest BCUT2D eigenvalue weighted by Gasteiger charge is -2.29. The quantitative estimate of drug-likeness (QED) is 0.871. The van der Waals surface area contributed by atoms with E-state index in [0.717, 1.165) is 41.7 Å². The molecule has 22 heavy (non-hydrogen) atoms. The van der Waals surface area contributed by atoms with Crippen LogP contribution < -0.4 is 18.9 Å². The number of methoxy groups -OCH3 is 1. The van der Waals surface area contributed by atoms with Crippen LogP contribution in [0.1, 0.15) is 11.1 Å². The zero-order valence-electron chi connectivity index (χ0n) is 12.4. The molecule has 2 aromatic carbocycles. The molecular formula is C17H17NO4. The van der Waals surface area contributed by atoms with Crippen LogP contribution in [0.3, 0.4) is 0 Å². The molecule has 2 aliphatic heterocycles. The van der Waals surface area contributed by atoms with Gasteiger partial charge in [0.05, 0.1) is 7.11 Å². The summed E-state index contributed by atoms with van der Waals surface area (Å²) in [4.78, 5) is 2.24. The average molecular weight is 299 g/mol. The summed E-state index contributed by atoms with van der Waals surface area (Å²) in [5.74, 6) is 3.42. The van der Waals surface area contributed by atoms with Gasteiger partial charge in [0.25, 0.3) is 0 Å². The van der Waals surface area contributed by atoms with E-state index in [9.17, 15) is 0 Å². The molecule has 114 valence electrons. The molecule has 4 rings (SSSR count). The van der Waals surface area contributed by atoms with Crippen LogP contribution >= 0.6 is 0 Å². The van der Waals surface area contributed by atoms with Gasteiger partial charge in [-0.3, -0.25) is 4.90 Å². The molecule has 0 bridgehead atoms. The summed E-state index contributed by atoms with van der Waals surface area (Å²) < 4.78 is 21.9. The topological polar surface area (TPSA) is 40.2 Å². The Morgan fingerprint density at radius 2 is 1.86 bits per heavy atom. The molecule has 0 N–H and O–H groups in total. The van der Waals surface area contributed by atoms with Gasteiger partial charge in [0.1, 0.15) is 18.2 Å². The molecule has 0 amide bonds. The van der Waals surface area contributed by atoms with Gasteiger partial charge in [-0.1, -0.05) is 6.07 Å². The van der Waals surface area contributed by atoms with Crippen LogP contribution in [0.15, 0.2) is 36.4 Å². The molecule has 0 aliphatic carbocycles. The molecule has 5 heteroatoms. The first-order valence-corrected chi connectivity index (χ1v) is 7.22. The van der Waals surface area contributed by atoms with E-state index in [1.165, 1.54) is 5.56 Å². The van der Waals surface area contributed by atoms with Crippen molar-refractivity contribution in [3.05, 3.63) is 47.5 Å². The largest absolute Gasteiger partial charge is 0.497 e. The number of benzene rings is 2. The van der Waals surface area contributed by atoms with Gasteiger partial charge in [0.2, 0.25) is 6.79 Å². The molecule has 0 aromatic heterocycles. The Labute approximate surface area is 129 Å². The molecule has 0 saturated carbocycles. The van der Waals surface area contributed by atoms with Gasteiger partial charge in [-0.2, -0.15) is 0 Å². The van der Waals surface area contributed by atoms with Gasteiger partial charge >= 0.3 is 0 Å². The summed E-state index contributed by atoms with van der Waals surface area (Å²) in [5, 5.41) is 0. The highest BCUT2D eigenvalue weighted by Gasteiger charge is 2.19. The molecule has 0 unspecified atom stereocenters. The number of hydrogen-bond acceptors (Lipinski definition) is 5. The van der Waals surface area contributed by atoms with E-state index in [-0.39, 0.29) is 0 Å². The molecule has 0 fully saturated rings. The lowest BCUT2D eigenvalue weighted by atomic mass is 10.1. The van der Waals surface area contributed by atoms with Crippen LogP contribution in [0, 0.1) is 0 Å². The van der Waals surface area contributed by atoms with Crippen molar-refractivity contribution in [2.45, 2.75) is 13.1 Å². The first-order chi connectivity index (χ1) is 10.8. The van der Waals surface area contributed by atoms with Gasteiger partial charge in [-0.15, -0.1) is 0 Å². The van der Waals surface area contributed by atoms with Gasteiger partial charge in [0, 0.05) is 18.7 Å². The lowest BCUT2D eigenvalue weighted by molar-refractivity contribution is 0.0884. The predicted octanol–water partition coefficient (Wildman–Crippen LogP) is 2.78. The van der Waals surface area contributed by atoms with Gasteiger partial charge in [0.15, 0.2) is 11.5 Å². The van der Waals surface area contributed by atoms with Crippen molar-refractivity contribution in [1.82, 2.24) is 4.90 Å². The van der Waals surface area contributed by atoms with Crippen LogP contribution in [-0.4, -0.2) is 25.5 Å². The summed E-state index contributed by atoms with van der Waals surface area (Å²) in [7, 11) is 1.68. The SMILES string of the molecule is COc1ccc2c(c1)CN(Cc1ccc3c(c1)OCO3)CO2. The van der Waals surface area contributed by atoms with E-state index in [2.05, 4.69) is 11.0 Å². The van der Waals surface area contributed by atoms with Crippen LogP contribution in [0.25, 0.3) is 0 Å². The molecule has 5 nitrogen and oxygen atoms in total. The van der Waals surface area contributed by atoms with Crippen molar-refractivity contribution in [3.8, 4) is 23.0 Å². The van der Waals surface area contributed by atoms with Gasteiger partial charge in [-0.25, -0.2) is 0 Å². The fraction of sp³-hybridized carbons (Fsp3) is 0.294. The maximum Gasteiger partial charge on any atom is 0.231 e. The van der Waals surface area contributed by atoms with E-state index in [4.69, 9.17) is 18.9 Å². The van der Waals surface area contributed by atoms with E-state index >= 15 is 0 Å². The van der Waals surface area contributed by atoms with Crippen molar-refractivity contribution in [2.75, 3.05) is 20.6 Å². The zero-order valence-corrected chi connectivity index (χ0v) is 12.4. The summed E-state index contributed by atoms with van der Waals surface area (Å²) >= 11 is 0. The fourth-order valence-electron chi connectivity index (χ4n) is 2.79. The third-order valence-corrected chi connectivity index (χ3v) is 3.91. The standard InChI is InChI=1S/C17H17NO4/c1-19-14-3-5-15-13(7-14)9-18(10-20-15)8-12-2-4-16-17(6-12)22-11-21-16/h2-7H,8-11H2,1H3. The van der Waals surface area contributed by atoms with Gasteiger partial charge < -0.3 is 18.9 Å². The van der Waals surface area contributed by atoms with Crippen molar-refractivity contribution >= 4 is 0 Å². The van der Waals surface area contributed by atoms with Crippen molar-refractivity contribution in [1.29, 1.82) is 0 Å². The highest BCUT2D eigenvalue weighted by molar-refractivity contribution is 5.45. The Hall–Kier alpha value is -2.40. The minimum atomic E-state index is 0.304. The van der Waals surface area contributed by atoms with Crippen LogP contribution in [-0.2, 0) is 13.1 Å². The van der Waals surface area contributed by atoms with Crippen LogP contribution in [0.2, 0.25) is 0 Å². The highest BCUT2D eigenvalue weighted by Crippen LogP contribution is 2.34. The molecule has 0 radical (unpaired) electrons. The first-order valence-electron chi connectivity index (χ1n) is 7.22. The molecule has 0 atom stereocenters. The Morgan fingerprint density at radius 1 is 1.00 bits per heavy atom. The Morgan fingerprint density at radius 3 is 2.77 bits per heavy atom. The fourth-order valence-corrected chi connectivity index (χ4v) is 2.79. The summed E-state index contributed by atoms with van der Waals surface area (Å²) in [5.41, 5.74) is 2.32. The summed E-state index contributed by atoms with van der Waals surface area (Å²) in [6.45, 7) is 2.51. The Balaban J connectivity index is 1.50. The molecule has 0 saturated heterocycles. The second-order valence-electron chi connectivity index (χ2n) is 5.42. The maximum absolute atomic E-state index is 5.81. The predicted molar refractivity (Wildman–Crippen MR) is 80.3 cm³/mol. The number of ether oxygens (including phenoxy) is 4. The second-order valence-corrected chi connectivity index (χ2v) is 5.42. The van der Waals surface area contributed by atoms with Crippen LogP contribution in [0.5, 0.6) is 23.0 Å². The molecule has 2 aromatic rings. The third kappa shape index (κ3) is 2.44. The minimum absolute atomic E-state index is 0.304. The van der Waals surface area contributed by atoms with Crippen LogP contribution in [0.4, 0.5) is 0 Å². The summed E-state index contributed by atoms with van der Waals surface area (Å²) in [6.07, 6.45) is 0. The number of fused-ring (bicyclic) bond motifs is 2. The third-order valence-electron chi connectivity index (χ3n) is 3.91. The van der Waals surface area contributed by atoms with Crippen molar-refractivity contribution in [2.24, 2.45) is 0 Å². The monoisotopic (exact) mass is 299 g/mol. The van der Waals surface area contributed by atoms with Crippen molar-refractivity contribution < 1.29 is 18.9 Å². The van der Waals surface area contributed by atoms with E-state index in [1.54, 1.807) is 7.11 Å². The summed E-state index contributed by atoms with van der Waals surface area (Å²) in [6, 6.07) is 12.0. The Bertz CT molecular complexity index is 701. The van der Waals surface area contributed by atoms with Crippen molar-refractivity contribution in [3.63, 3.8) is 0 Å². The second kappa shape index (κ2) is 5.42. The van der Waals surface area contributed by atoms with E-state index in [1.807, 2.05) is 30.3 Å². The first kappa shape index (κ1) is 13.3. The normalized spacial score (nSPS) is 16.0. The number of nitrogens with zero attached hydrogens (tertiary/aromatic N) is 1. The maximum atomic E-state index is 5.81.